The SMILES string of the molecule is Oc1c(Cl)cc(Cl)cc1C=Nc1cc(C(F)(F)F)ccc1OCc1ccccc1. The van der Waals surface area contributed by atoms with Crippen molar-refractivity contribution in [2.75, 3.05) is 0 Å². The number of hydrogen-bond acceptors (Lipinski definition) is 3. The topological polar surface area (TPSA) is 41.8 Å². The van der Waals surface area contributed by atoms with Crippen LogP contribution in [-0.4, -0.2) is 11.3 Å². The van der Waals surface area contributed by atoms with Crippen LogP contribution in [0.25, 0.3) is 0 Å². The fourth-order valence-electron chi connectivity index (χ4n) is 2.48. The summed E-state index contributed by atoms with van der Waals surface area (Å²) in [5.74, 6) is -0.121. The molecular formula is C21H14Cl2F3NO2. The van der Waals surface area contributed by atoms with Crippen molar-refractivity contribution in [2.45, 2.75) is 12.8 Å². The van der Waals surface area contributed by atoms with Crippen molar-refractivity contribution >= 4 is 35.1 Å². The predicted octanol–water partition coefficient (Wildman–Crippen LogP) is 7.05. The normalized spacial score (nSPS) is 11.8. The Morgan fingerprint density at radius 3 is 2.41 bits per heavy atom. The zero-order chi connectivity index (χ0) is 21.0. The van der Waals surface area contributed by atoms with E-state index in [0.717, 1.165) is 17.7 Å². The van der Waals surface area contributed by atoms with Crippen LogP contribution in [0, 0.1) is 0 Å². The predicted molar refractivity (Wildman–Crippen MR) is 108 cm³/mol. The Labute approximate surface area is 175 Å². The van der Waals surface area contributed by atoms with E-state index in [1.807, 2.05) is 30.3 Å². The summed E-state index contributed by atoms with van der Waals surface area (Å²) >= 11 is 11.8. The summed E-state index contributed by atoms with van der Waals surface area (Å²) in [6.45, 7) is 0.156. The molecule has 0 bridgehead atoms. The van der Waals surface area contributed by atoms with Crippen LogP contribution >= 0.6 is 23.2 Å². The molecule has 0 amide bonds. The molecule has 0 saturated heterocycles. The van der Waals surface area contributed by atoms with Gasteiger partial charge in [-0.15, -0.1) is 0 Å². The fourth-order valence-corrected chi connectivity index (χ4v) is 2.98. The third-order valence-corrected chi connectivity index (χ3v) is 4.43. The van der Waals surface area contributed by atoms with Gasteiger partial charge in [0, 0.05) is 16.8 Å². The minimum atomic E-state index is -4.54. The van der Waals surface area contributed by atoms with Crippen LogP contribution in [0.3, 0.4) is 0 Å². The van der Waals surface area contributed by atoms with Crippen molar-refractivity contribution in [3.8, 4) is 11.5 Å². The summed E-state index contributed by atoms with van der Waals surface area (Å²) in [7, 11) is 0. The van der Waals surface area contributed by atoms with E-state index in [1.54, 1.807) is 0 Å². The van der Waals surface area contributed by atoms with Gasteiger partial charge >= 0.3 is 6.18 Å². The number of alkyl halides is 3. The molecule has 0 fully saturated rings. The van der Waals surface area contributed by atoms with E-state index in [-0.39, 0.29) is 39.4 Å². The van der Waals surface area contributed by atoms with E-state index in [4.69, 9.17) is 27.9 Å². The van der Waals surface area contributed by atoms with Crippen LogP contribution < -0.4 is 4.74 Å². The molecule has 0 aliphatic heterocycles. The summed E-state index contributed by atoms with van der Waals surface area (Å²) < 4.78 is 45.0. The van der Waals surface area contributed by atoms with Crippen LogP contribution in [0.5, 0.6) is 11.5 Å². The van der Waals surface area contributed by atoms with Gasteiger partial charge in [0.2, 0.25) is 0 Å². The van der Waals surface area contributed by atoms with Crippen molar-refractivity contribution in [1.82, 2.24) is 0 Å². The molecule has 0 radical (unpaired) electrons. The lowest BCUT2D eigenvalue weighted by molar-refractivity contribution is -0.137. The summed E-state index contributed by atoms with van der Waals surface area (Å²) in [6, 6.07) is 14.9. The van der Waals surface area contributed by atoms with Gasteiger partial charge in [0.15, 0.2) is 0 Å². The van der Waals surface area contributed by atoms with Gasteiger partial charge in [-0.2, -0.15) is 13.2 Å². The molecule has 3 aromatic rings. The molecule has 1 N–H and O–H groups in total. The van der Waals surface area contributed by atoms with Crippen LogP contribution in [0.2, 0.25) is 10.0 Å². The summed E-state index contributed by atoms with van der Waals surface area (Å²) in [5, 5.41) is 10.3. The Kier molecular flexibility index (Phi) is 6.35. The molecule has 0 unspecified atom stereocenters. The van der Waals surface area contributed by atoms with Crippen molar-refractivity contribution < 1.29 is 23.0 Å². The lowest BCUT2D eigenvalue weighted by Crippen LogP contribution is -2.05. The quantitative estimate of drug-likeness (QED) is 0.432. The van der Waals surface area contributed by atoms with E-state index < -0.39 is 11.7 Å². The van der Waals surface area contributed by atoms with E-state index >= 15 is 0 Å². The average Bonchev–Trinajstić information content (AvgIpc) is 2.68. The number of aliphatic imine (C=N–C) groups is 1. The van der Waals surface area contributed by atoms with Gasteiger partial charge in [0.1, 0.15) is 23.8 Å². The third-order valence-electron chi connectivity index (χ3n) is 3.92. The monoisotopic (exact) mass is 439 g/mol. The van der Waals surface area contributed by atoms with Gasteiger partial charge in [0.05, 0.1) is 10.6 Å². The van der Waals surface area contributed by atoms with Crippen LogP contribution in [0.15, 0.2) is 65.7 Å². The van der Waals surface area contributed by atoms with Gasteiger partial charge in [-0.25, -0.2) is 0 Å². The fraction of sp³-hybridized carbons (Fsp3) is 0.0952. The molecule has 0 heterocycles. The first kappa shape index (κ1) is 21.0. The maximum Gasteiger partial charge on any atom is 0.416 e. The van der Waals surface area contributed by atoms with Crippen LogP contribution in [0.4, 0.5) is 18.9 Å². The van der Waals surface area contributed by atoms with Gasteiger partial charge in [0.25, 0.3) is 0 Å². The number of aromatic hydroxyl groups is 1. The largest absolute Gasteiger partial charge is 0.506 e. The van der Waals surface area contributed by atoms with Gasteiger partial charge < -0.3 is 9.84 Å². The third kappa shape index (κ3) is 5.43. The molecule has 0 saturated carbocycles. The maximum absolute atomic E-state index is 13.1. The lowest BCUT2D eigenvalue weighted by atomic mass is 10.1. The standard InChI is InChI=1S/C21H14Cl2F3NO2/c22-16-8-14(20(28)17(23)10-16)11-27-18-9-15(21(24,25)26)6-7-19(18)29-12-13-4-2-1-3-5-13/h1-11,28H,12H2. The number of ether oxygens (including phenoxy) is 1. The van der Waals surface area contributed by atoms with Crippen LogP contribution in [-0.2, 0) is 12.8 Å². The highest BCUT2D eigenvalue weighted by molar-refractivity contribution is 6.36. The molecule has 150 valence electrons. The van der Waals surface area contributed by atoms with E-state index in [1.165, 1.54) is 24.4 Å². The molecule has 0 atom stereocenters. The number of nitrogens with zero attached hydrogens (tertiary/aromatic N) is 1. The molecule has 3 nitrogen and oxygen atoms in total. The smallest absolute Gasteiger partial charge is 0.416 e. The molecule has 0 aliphatic rings. The Bertz CT molecular complexity index is 1040. The van der Waals surface area contributed by atoms with E-state index in [0.29, 0.717) is 0 Å². The number of benzene rings is 3. The highest BCUT2D eigenvalue weighted by Gasteiger charge is 2.31. The second kappa shape index (κ2) is 8.76. The summed E-state index contributed by atoms with van der Waals surface area (Å²) in [6.07, 6.45) is -3.36. The second-order valence-electron chi connectivity index (χ2n) is 6.04. The molecule has 0 aromatic heterocycles. The minimum absolute atomic E-state index is 0.00328. The molecule has 0 aliphatic carbocycles. The van der Waals surface area contributed by atoms with Crippen molar-refractivity contribution in [3.05, 3.63) is 87.4 Å². The molecule has 3 aromatic carbocycles. The average molecular weight is 440 g/mol. The Balaban J connectivity index is 1.95. The maximum atomic E-state index is 13.1. The van der Waals surface area contributed by atoms with Gasteiger partial charge in [-0.1, -0.05) is 53.5 Å². The molecule has 0 spiro atoms. The first-order valence-electron chi connectivity index (χ1n) is 8.34. The first-order valence-corrected chi connectivity index (χ1v) is 9.09. The van der Waals surface area contributed by atoms with Crippen molar-refractivity contribution in [1.29, 1.82) is 0 Å². The first-order chi connectivity index (χ1) is 13.7. The lowest BCUT2D eigenvalue weighted by Gasteiger charge is -2.12. The highest BCUT2D eigenvalue weighted by atomic mass is 35.5. The second-order valence-corrected chi connectivity index (χ2v) is 6.88. The molecule has 8 heteroatoms. The van der Waals surface area contributed by atoms with Crippen LogP contribution in [0.1, 0.15) is 16.7 Å². The van der Waals surface area contributed by atoms with Crippen molar-refractivity contribution in [2.24, 2.45) is 4.99 Å². The molecular weight excluding hydrogens is 426 g/mol. The zero-order valence-corrected chi connectivity index (χ0v) is 16.3. The van der Waals surface area contributed by atoms with E-state index in [9.17, 15) is 18.3 Å². The van der Waals surface area contributed by atoms with Gasteiger partial charge in [-0.3, -0.25) is 4.99 Å². The Morgan fingerprint density at radius 1 is 1.00 bits per heavy atom. The zero-order valence-electron chi connectivity index (χ0n) is 14.8. The minimum Gasteiger partial charge on any atom is -0.506 e. The number of phenols is 1. The summed E-state index contributed by atoms with van der Waals surface area (Å²) in [5.41, 5.74) is 0.0897. The highest BCUT2D eigenvalue weighted by Crippen LogP contribution is 2.37. The Morgan fingerprint density at radius 2 is 1.72 bits per heavy atom. The molecule has 29 heavy (non-hydrogen) atoms. The Hall–Kier alpha value is -2.70. The number of rotatable bonds is 5. The van der Waals surface area contributed by atoms with Crippen molar-refractivity contribution in [3.63, 3.8) is 0 Å². The van der Waals surface area contributed by atoms with Gasteiger partial charge in [-0.05, 0) is 35.9 Å². The number of hydrogen-bond donors (Lipinski definition) is 1. The number of phenolic OH excluding ortho intramolecular Hbond substituents is 1. The number of halogens is 5. The summed E-state index contributed by atoms with van der Waals surface area (Å²) in [4.78, 5) is 4.08. The van der Waals surface area contributed by atoms with E-state index in [2.05, 4.69) is 4.99 Å². The molecule has 3 rings (SSSR count).